The fourth-order valence-corrected chi connectivity index (χ4v) is 3.99. The highest BCUT2D eigenvalue weighted by atomic mass is 16.7. The number of anilines is 1. The molecule has 3 aliphatic rings. The van der Waals surface area contributed by atoms with Gasteiger partial charge in [-0.15, -0.1) is 0 Å². The van der Waals surface area contributed by atoms with Crippen molar-refractivity contribution < 1.29 is 28.6 Å². The second-order valence-electron chi connectivity index (χ2n) is 7.49. The smallest absolute Gasteiger partial charge is 0.265 e. The molecule has 3 heterocycles. The lowest BCUT2D eigenvalue weighted by Crippen LogP contribution is -2.51. The molecule has 3 aliphatic heterocycles. The van der Waals surface area contributed by atoms with Crippen molar-refractivity contribution in [1.82, 2.24) is 10.0 Å². The molecule has 0 bridgehead atoms. The summed E-state index contributed by atoms with van der Waals surface area (Å²) in [4.78, 5) is 39.8. The normalized spacial score (nSPS) is 16.9. The molecule has 9 nitrogen and oxygen atoms in total. The van der Waals surface area contributed by atoms with Crippen molar-refractivity contribution in [1.29, 1.82) is 0 Å². The zero-order chi connectivity index (χ0) is 21.4. The Bertz CT molecular complexity index is 1060. The molecule has 31 heavy (non-hydrogen) atoms. The Morgan fingerprint density at radius 3 is 2.52 bits per heavy atom. The molecular formula is C22H21N3O6. The van der Waals surface area contributed by atoms with E-state index in [1.807, 2.05) is 12.1 Å². The van der Waals surface area contributed by atoms with Gasteiger partial charge in [0.05, 0.1) is 12.1 Å². The second kappa shape index (κ2) is 7.82. The summed E-state index contributed by atoms with van der Waals surface area (Å²) in [6.45, 7) is 0.809. The second-order valence-corrected chi connectivity index (χ2v) is 7.49. The van der Waals surface area contributed by atoms with E-state index in [0.717, 1.165) is 5.56 Å². The van der Waals surface area contributed by atoms with E-state index < -0.39 is 0 Å². The number of benzene rings is 2. The van der Waals surface area contributed by atoms with Crippen LogP contribution in [0.15, 0.2) is 42.5 Å². The van der Waals surface area contributed by atoms with Crippen molar-refractivity contribution in [2.45, 2.75) is 12.8 Å². The van der Waals surface area contributed by atoms with E-state index in [9.17, 15) is 14.4 Å². The number of nitrogens with zero attached hydrogens (tertiary/aromatic N) is 3. The van der Waals surface area contributed by atoms with Gasteiger partial charge in [0.15, 0.2) is 18.1 Å². The van der Waals surface area contributed by atoms with Gasteiger partial charge in [-0.2, -0.15) is 0 Å². The van der Waals surface area contributed by atoms with Gasteiger partial charge in [-0.25, -0.2) is 5.01 Å². The van der Waals surface area contributed by atoms with E-state index in [2.05, 4.69) is 0 Å². The first-order valence-corrected chi connectivity index (χ1v) is 10.1. The fourth-order valence-electron chi connectivity index (χ4n) is 3.99. The number of para-hydroxylation sites is 2. The Morgan fingerprint density at radius 2 is 1.65 bits per heavy atom. The molecule has 1 fully saturated rings. The molecule has 0 aromatic heterocycles. The SMILES string of the molecule is O=C1COc2ccccc2N1CC(=O)N1CCCN1C(=O)Cc1ccc2c(c1)OCO2. The average molecular weight is 423 g/mol. The summed E-state index contributed by atoms with van der Waals surface area (Å²) < 4.78 is 16.1. The summed E-state index contributed by atoms with van der Waals surface area (Å²) in [7, 11) is 0. The largest absolute Gasteiger partial charge is 0.482 e. The standard InChI is InChI=1S/C22H21N3O6/c26-20(11-15-6-7-18-19(10-15)31-14-30-18)24-8-3-9-25(24)21(27)12-23-16-4-1-2-5-17(16)29-13-22(23)28/h1-2,4-7,10H,3,8-9,11-14H2. The fraction of sp³-hybridized carbons (Fsp3) is 0.318. The number of hydrazine groups is 1. The molecule has 2 aromatic rings. The zero-order valence-corrected chi connectivity index (χ0v) is 16.8. The molecular weight excluding hydrogens is 402 g/mol. The summed E-state index contributed by atoms with van der Waals surface area (Å²) in [5.74, 6) is 1.06. The predicted molar refractivity (Wildman–Crippen MR) is 109 cm³/mol. The number of hydrogen-bond acceptors (Lipinski definition) is 6. The molecule has 0 spiro atoms. The van der Waals surface area contributed by atoms with Crippen molar-refractivity contribution in [2.24, 2.45) is 0 Å². The van der Waals surface area contributed by atoms with E-state index in [1.54, 1.807) is 30.3 Å². The summed E-state index contributed by atoms with van der Waals surface area (Å²) >= 11 is 0. The maximum absolute atomic E-state index is 13.1. The van der Waals surface area contributed by atoms with Crippen LogP contribution in [0.2, 0.25) is 0 Å². The third-order valence-electron chi connectivity index (χ3n) is 5.50. The first-order chi connectivity index (χ1) is 15.1. The quantitative estimate of drug-likeness (QED) is 0.738. The Balaban J connectivity index is 1.28. The van der Waals surface area contributed by atoms with Crippen LogP contribution in [0.4, 0.5) is 5.69 Å². The highest BCUT2D eigenvalue weighted by Crippen LogP contribution is 2.33. The molecule has 0 radical (unpaired) electrons. The molecule has 0 unspecified atom stereocenters. The molecule has 0 aliphatic carbocycles. The summed E-state index contributed by atoms with van der Waals surface area (Å²) in [5, 5.41) is 2.92. The highest BCUT2D eigenvalue weighted by Gasteiger charge is 2.34. The average Bonchev–Trinajstić information content (AvgIpc) is 3.45. The van der Waals surface area contributed by atoms with Crippen LogP contribution in [-0.2, 0) is 20.8 Å². The predicted octanol–water partition coefficient (Wildman–Crippen LogP) is 1.36. The third-order valence-corrected chi connectivity index (χ3v) is 5.50. The number of fused-ring (bicyclic) bond motifs is 2. The van der Waals surface area contributed by atoms with Crippen LogP contribution in [0.25, 0.3) is 0 Å². The van der Waals surface area contributed by atoms with Crippen LogP contribution < -0.4 is 19.1 Å². The van der Waals surface area contributed by atoms with Crippen molar-refractivity contribution >= 4 is 23.4 Å². The molecule has 2 aromatic carbocycles. The summed E-state index contributed by atoms with van der Waals surface area (Å²) in [5.41, 5.74) is 1.34. The van der Waals surface area contributed by atoms with Crippen LogP contribution in [0, 0.1) is 0 Å². The minimum atomic E-state index is -0.304. The number of carbonyl (C=O) groups excluding carboxylic acids is 3. The van der Waals surface area contributed by atoms with Crippen molar-refractivity contribution in [3.63, 3.8) is 0 Å². The van der Waals surface area contributed by atoms with Crippen LogP contribution in [0.5, 0.6) is 17.2 Å². The minimum absolute atomic E-state index is 0.114. The third kappa shape index (κ3) is 3.63. The van der Waals surface area contributed by atoms with E-state index in [1.165, 1.54) is 14.9 Å². The van der Waals surface area contributed by atoms with Crippen LogP contribution in [0.1, 0.15) is 12.0 Å². The van der Waals surface area contributed by atoms with Crippen LogP contribution >= 0.6 is 0 Å². The number of carbonyl (C=O) groups is 3. The molecule has 0 N–H and O–H groups in total. The lowest BCUT2D eigenvalue weighted by Gasteiger charge is -2.33. The highest BCUT2D eigenvalue weighted by molar-refractivity contribution is 6.02. The van der Waals surface area contributed by atoms with E-state index >= 15 is 0 Å². The Hall–Kier alpha value is -3.75. The number of ether oxygens (including phenoxy) is 3. The zero-order valence-electron chi connectivity index (χ0n) is 16.8. The van der Waals surface area contributed by atoms with Crippen LogP contribution in [-0.4, -0.2) is 60.8 Å². The van der Waals surface area contributed by atoms with E-state index in [4.69, 9.17) is 14.2 Å². The molecule has 3 amide bonds. The molecule has 0 atom stereocenters. The lowest BCUT2D eigenvalue weighted by atomic mass is 10.1. The van der Waals surface area contributed by atoms with Gasteiger partial charge in [-0.05, 0) is 36.2 Å². The van der Waals surface area contributed by atoms with Gasteiger partial charge in [-0.1, -0.05) is 18.2 Å². The first-order valence-electron chi connectivity index (χ1n) is 10.1. The maximum atomic E-state index is 13.1. The molecule has 5 rings (SSSR count). The maximum Gasteiger partial charge on any atom is 0.265 e. The van der Waals surface area contributed by atoms with Crippen molar-refractivity contribution in [3.8, 4) is 17.2 Å². The Morgan fingerprint density at radius 1 is 0.871 bits per heavy atom. The monoisotopic (exact) mass is 423 g/mol. The number of hydrogen-bond donors (Lipinski definition) is 0. The van der Waals surface area contributed by atoms with Gasteiger partial charge in [0, 0.05) is 13.1 Å². The van der Waals surface area contributed by atoms with Gasteiger partial charge >= 0.3 is 0 Å². The van der Waals surface area contributed by atoms with Crippen molar-refractivity contribution in [3.05, 3.63) is 48.0 Å². The van der Waals surface area contributed by atoms with Gasteiger partial charge in [0.1, 0.15) is 12.3 Å². The van der Waals surface area contributed by atoms with Gasteiger partial charge in [0.2, 0.25) is 12.7 Å². The molecule has 1 saturated heterocycles. The molecule has 0 saturated carbocycles. The van der Waals surface area contributed by atoms with Crippen LogP contribution in [0.3, 0.4) is 0 Å². The van der Waals surface area contributed by atoms with Gasteiger partial charge in [0.25, 0.3) is 11.8 Å². The molecule has 160 valence electrons. The molecule has 9 heteroatoms. The topological polar surface area (TPSA) is 88.6 Å². The van der Waals surface area contributed by atoms with Gasteiger partial charge < -0.3 is 14.2 Å². The van der Waals surface area contributed by atoms with E-state index in [-0.39, 0.29) is 44.1 Å². The first kappa shape index (κ1) is 19.2. The Kier molecular flexibility index (Phi) is 4.85. The lowest BCUT2D eigenvalue weighted by molar-refractivity contribution is -0.156. The summed E-state index contributed by atoms with van der Waals surface area (Å²) in [6.07, 6.45) is 0.825. The number of amides is 3. The summed E-state index contributed by atoms with van der Waals surface area (Å²) in [6, 6.07) is 12.5. The minimum Gasteiger partial charge on any atom is -0.482 e. The van der Waals surface area contributed by atoms with Gasteiger partial charge in [-0.3, -0.25) is 24.3 Å². The van der Waals surface area contributed by atoms with E-state index in [0.29, 0.717) is 42.4 Å². The number of rotatable bonds is 4. The van der Waals surface area contributed by atoms with Crippen molar-refractivity contribution in [2.75, 3.05) is 37.9 Å². The Labute approximate surface area is 178 Å².